The van der Waals surface area contributed by atoms with E-state index in [1.807, 2.05) is 36.4 Å². The van der Waals surface area contributed by atoms with Gasteiger partial charge in [-0.15, -0.1) is 6.42 Å². The topological polar surface area (TPSA) is 27.7 Å². The average Bonchev–Trinajstić information content (AvgIpc) is 2.68. The van der Waals surface area contributed by atoms with Gasteiger partial charge < -0.3 is 14.2 Å². The van der Waals surface area contributed by atoms with E-state index in [0.717, 1.165) is 18.4 Å². The fourth-order valence-corrected chi connectivity index (χ4v) is 2.99. The highest BCUT2D eigenvalue weighted by Crippen LogP contribution is 2.23. The maximum atomic E-state index is 6.06. The second kappa shape index (κ2) is 9.39. The minimum Gasteiger partial charge on any atom is -0.374 e. The highest BCUT2D eigenvalue weighted by Gasteiger charge is 2.29. The smallest absolute Gasteiger partial charge is 0.120 e. The fraction of sp³-hybridized carbons (Fsp3) is 0.364. The van der Waals surface area contributed by atoms with Crippen LogP contribution in [0.3, 0.4) is 0 Å². The Bertz CT molecular complexity index is 663. The van der Waals surface area contributed by atoms with Gasteiger partial charge >= 0.3 is 0 Å². The van der Waals surface area contributed by atoms with Crippen LogP contribution >= 0.6 is 0 Å². The Labute approximate surface area is 149 Å². The molecule has 1 heterocycles. The Kier molecular flexibility index (Phi) is 6.64. The molecule has 0 aliphatic carbocycles. The highest BCUT2D eigenvalue weighted by molar-refractivity contribution is 5.14. The summed E-state index contributed by atoms with van der Waals surface area (Å²) < 4.78 is 17.8. The first-order valence-corrected chi connectivity index (χ1v) is 8.72. The quantitative estimate of drug-likeness (QED) is 0.716. The van der Waals surface area contributed by atoms with Gasteiger partial charge in [0.25, 0.3) is 0 Å². The molecule has 1 fully saturated rings. The van der Waals surface area contributed by atoms with Crippen LogP contribution in [-0.2, 0) is 27.4 Å². The minimum absolute atomic E-state index is 0.0284. The molecular formula is C22H24O3. The van der Waals surface area contributed by atoms with E-state index < -0.39 is 0 Å². The van der Waals surface area contributed by atoms with Crippen LogP contribution in [0.5, 0.6) is 0 Å². The predicted molar refractivity (Wildman–Crippen MR) is 97.8 cm³/mol. The maximum absolute atomic E-state index is 6.06. The van der Waals surface area contributed by atoms with Crippen molar-refractivity contribution in [2.45, 2.75) is 44.4 Å². The van der Waals surface area contributed by atoms with Crippen molar-refractivity contribution in [3.05, 3.63) is 71.8 Å². The van der Waals surface area contributed by atoms with Crippen LogP contribution in [0.1, 0.15) is 24.0 Å². The lowest BCUT2D eigenvalue weighted by molar-refractivity contribution is -0.123. The van der Waals surface area contributed by atoms with Crippen molar-refractivity contribution < 1.29 is 14.2 Å². The lowest BCUT2D eigenvalue weighted by Crippen LogP contribution is -2.38. The van der Waals surface area contributed by atoms with Crippen LogP contribution < -0.4 is 0 Å². The molecule has 1 aliphatic heterocycles. The molecule has 0 radical (unpaired) electrons. The van der Waals surface area contributed by atoms with Crippen LogP contribution in [0.4, 0.5) is 0 Å². The lowest BCUT2D eigenvalue weighted by Gasteiger charge is -2.33. The second-order valence-electron chi connectivity index (χ2n) is 6.30. The third-order valence-corrected chi connectivity index (χ3v) is 4.29. The average molecular weight is 336 g/mol. The monoisotopic (exact) mass is 336 g/mol. The number of terminal acetylenes is 1. The van der Waals surface area contributed by atoms with E-state index in [2.05, 4.69) is 30.2 Å². The van der Waals surface area contributed by atoms with Gasteiger partial charge in [-0.05, 0) is 11.1 Å². The van der Waals surface area contributed by atoms with Crippen molar-refractivity contribution >= 4 is 0 Å². The summed E-state index contributed by atoms with van der Waals surface area (Å²) in [6.07, 6.45) is 6.98. The molecule has 0 unspecified atom stereocenters. The number of rotatable bonds is 7. The summed E-state index contributed by atoms with van der Waals surface area (Å²) in [7, 11) is 0. The summed E-state index contributed by atoms with van der Waals surface area (Å²) in [5, 5.41) is 0. The SMILES string of the molecule is C#C[C@@H]1C[C@@H](OCc2ccccc2)C[C@@H](COCc2ccccc2)O1. The van der Waals surface area contributed by atoms with Gasteiger partial charge in [0.1, 0.15) is 6.10 Å². The van der Waals surface area contributed by atoms with Crippen molar-refractivity contribution in [2.24, 2.45) is 0 Å². The normalized spacial score (nSPS) is 23.1. The van der Waals surface area contributed by atoms with Crippen molar-refractivity contribution in [3.8, 4) is 12.3 Å². The molecule has 2 aromatic rings. The molecule has 25 heavy (non-hydrogen) atoms. The molecule has 130 valence electrons. The van der Waals surface area contributed by atoms with Crippen molar-refractivity contribution in [1.29, 1.82) is 0 Å². The first-order valence-electron chi connectivity index (χ1n) is 8.72. The van der Waals surface area contributed by atoms with E-state index in [-0.39, 0.29) is 18.3 Å². The Morgan fingerprint density at radius 3 is 2.20 bits per heavy atom. The molecule has 0 N–H and O–H groups in total. The van der Waals surface area contributed by atoms with Gasteiger partial charge in [-0.1, -0.05) is 66.6 Å². The molecule has 2 aromatic carbocycles. The first-order chi connectivity index (χ1) is 12.3. The Morgan fingerprint density at radius 2 is 1.56 bits per heavy atom. The molecule has 3 rings (SSSR count). The number of benzene rings is 2. The van der Waals surface area contributed by atoms with E-state index in [4.69, 9.17) is 20.6 Å². The van der Waals surface area contributed by atoms with E-state index >= 15 is 0 Å². The van der Waals surface area contributed by atoms with E-state index in [1.54, 1.807) is 0 Å². The standard InChI is InChI=1S/C22H24O3/c1-2-20-13-21(24-16-19-11-7-4-8-12-19)14-22(25-20)17-23-15-18-9-5-3-6-10-18/h1,3-12,20-22H,13-17H2/t20-,21-,22+/m1/s1. The van der Waals surface area contributed by atoms with Crippen LogP contribution in [0.15, 0.2) is 60.7 Å². The molecule has 1 saturated heterocycles. The van der Waals surface area contributed by atoms with Gasteiger partial charge in [-0.25, -0.2) is 0 Å². The molecule has 0 aromatic heterocycles. The van der Waals surface area contributed by atoms with Gasteiger partial charge in [0.15, 0.2) is 0 Å². The molecule has 0 spiro atoms. The zero-order valence-electron chi connectivity index (χ0n) is 14.3. The molecule has 3 heteroatoms. The first kappa shape index (κ1) is 17.7. The molecule has 0 bridgehead atoms. The molecule has 3 nitrogen and oxygen atoms in total. The summed E-state index contributed by atoms with van der Waals surface area (Å²) >= 11 is 0. The van der Waals surface area contributed by atoms with Crippen molar-refractivity contribution in [1.82, 2.24) is 0 Å². The lowest BCUT2D eigenvalue weighted by atomic mass is 10.0. The Morgan fingerprint density at radius 1 is 0.920 bits per heavy atom. The van der Waals surface area contributed by atoms with Gasteiger partial charge in [0.05, 0.1) is 32.0 Å². The van der Waals surface area contributed by atoms with Gasteiger partial charge in [-0.3, -0.25) is 0 Å². The summed E-state index contributed by atoms with van der Waals surface area (Å²) in [6, 6.07) is 20.3. The van der Waals surface area contributed by atoms with Crippen molar-refractivity contribution in [2.75, 3.05) is 6.61 Å². The third-order valence-electron chi connectivity index (χ3n) is 4.29. The van der Waals surface area contributed by atoms with E-state index in [1.165, 1.54) is 5.56 Å². The molecular weight excluding hydrogens is 312 g/mol. The number of ether oxygens (including phenoxy) is 3. The molecule has 3 atom stereocenters. The zero-order chi connectivity index (χ0) is 17.3. The van der Waals surface area contributed by atoms with Crippen molar-refractivity contribution in [3.63, 3.8) is 0 Å². The minimum atomic E-state index is -0.208. The Balaban J connectivity index is 1.47. The van der Waals surface area contributed by atoms with E-state index in [0.29, 0.717) is 19.8 Å². The summed E-state index contributed by atoms with van der Waals surface area (Å²) in [5.74, 6) is 2.71. The highest BCUT2D eigenvalue weighted by atomic mass is 16.5. The van der Waals surface area contributed by atoms with Crippen LogP contribution in [0.25, 0.3) is 0 Å². The van der Waals surface area contributed by atoms with Gasteiger partial charge in [0, 0.05) is 12.8 Å². The number of hydrogen-bond donors (Lipinski definition) is 0. The third kappa shape index (κ3) is 5.72. The maximum Gasteiger partial charge on any atom is 0.120 e. The van der Waals surface area contributed by atoms with Gasteiger partial charge in [-0.2, -0.15) is 0 Å². The largest absolute Gasteiger partial charge is 0.374 e. The van der Waals surface area contributed by atoms with Crippen LogP contribution in [0, 0.1) is 12.3 Å². The second-order valence-corrected chi connectivity index (χ2v) is 6.30. The number of hydrogen-bond acceptors (Lipinski definition) is 3. The molecule has 1 aliphatic rings. The zero-order valence-corrected chi connectivity index (χ0v) is 14.3. The summed E-state index contributed by atoms with van der Waals surface area (Å²) in [6.45, 7) is 1.70. The Hall–Kier alpha value is -2.12. The summed E-state index contributed by atoms with van der Waals surface area (Å²) in [4.78, 5) is 0. The van der Waals surface area contributed by atoms with Crippen LogP contribution in [-0.4, -0.2) is 24.9 Å². The molecule has 0 amide bonds. The summed E-state index contributed by atoms with van der Waals surface area (Å²) in [5.41, 5.74) is 2.33. The predicted octanol–water partition coefficient (Wildman–Crippen LogP) is 3.97. The van der Waals surface area contributed by atoms with Crippen LogP contribution in [0.2, 0.25) is 0 Å². The van der Waals surface area contributed by atoms with E-state index in [9.17, 15) is 0 Å². The molecule has 0 saturated carbocycles. The fourth-order valence-electron chi connectivity index (χ4n) is 2.99. The van der Waals surface area contributed by atoms with Gasteiger partial charge in [0.2, 0.25) is 0 Å².